The summed E-state index contributed by atoms with van der Waals surface area (Å²) in [6.45, 7) is 1.55. The number of amides is 2. The van der Waals surface area contributed by atoms with E-state index in [0.717, 1.165) is 25.3 Å². The van der Waals surface area contributed by atoms with Crippen molar-refractivity contribution < 1.29 is 9.59 Å². The minimum Gasteiger partial charge on any atom is -0.356 e. The van der Waals surface area contributed by atoms with Crippen LogP contribution in [0.25, 0.3) is 10.8 Å². The second-order valence-electron chi connectivity index (χ2n) is 8.98. The van der Waals surface area contributed by atoms with E-state index in [2.05, 4.69) is 40.5 Å². The summed E-state index contributed by atoms with van der Waals surface area (Å²) in [5.74, 6) is 1.03. The summed E-state index contributed by atoms with van der Waals surface area (Å²) in [6.07, 6.45) is 9.87. The molecule has 2 fully saturated rings. The van der Waals surface area contributed by atoms with Crippen LogP contribution in [0.1, 0.15) is 63.4 Å². The number of likely N-dealkylation sites (tertiary alicyclic amines) is 1. The Hall–Kier alpha value is -2.36. The smallest absolute Gasteiger partial charge is 0.222 e. The molecular weight excluding hydrogens is 372 g/mol. The predicted molar refractivity (Wildman–Crippen MR) is 121 cm³/mol. The summed E-state index contributed by atoms with van der Waals surface area (Å²) in [7, 11) is 0. The molecule has 1 N–H and O–H groups in total. The van der Waals surface area contributed by atoms with Crippen molar-refractivity contribution in [1.29, 1.82) is 0 Å². The lowest BCUT2D eigenvalue weighted by Crippen LogP contribution is -2.49. The first kappa shape index (κ1) is 20.9. The van der Waals surface area contributed by atoms with E-state index >= 15 is 0 Å². The van der Waals surface area contributed by atoms with Crippen LogP contribution in [0.3, 0.4) is 0 Å². The Labute approximate surface area is 180 Å². The highest BCUT2D eigenvalue weighted by atomic mass is 16.2. The van der Waals surface area contributed by atoms with Crippen LogP contribution in [0, 0.1) is 5.92 Å². The highest BCUT2D eigenvalue weighted by Crippen LogP contribution is 2.35. The number of fused-ring (bicyclic) bond motifs is 2. The third-order valence-electron chi connectivity index (χ3n) is 6.91. The molecule has 2 atom stereocenters. The zero-order chi connectivity index (χ0) is 20.8. The van der Waals surface area contributed by atoms with E-state index in [1.54, 1.807) is 0 Å². The number of benzene rings is 2. The number of piperidine rings is 1. The molecule has 30 heavy (non-hydrogen) atoms. The van der Waals surface area contributed by atoms with Gasteiger partial charge >= 0.3 is 0 Å². The molecule has 0 spiro atoms. The minimum absolute atomic E-state index is 0.0535. The average molecular weight is 407 g/mol. The standard InChI is InChI=1S/C26H34N2O2/c29-25(27-17-16-20-14-15-21-7-1-2-9-23(21)19-20)12-5-13-26(30)28-18-6-10-22-8-3-4-11-24(22)28/h1-2,7,9,14-15,19,22,24H,3-6,8,10-13,16-18H2,(H,27,29). The molecular formula is C26H34N2O2. The molecule has 0 radical (unpaired) electrons. The van der Waals surface area contributed by atoms with Gasteiger partial charge in [-0.15, -0.1) is 0 Å². The molecule has 4 rings (SSSR count). The fourth-order valence-corrected chi connectivity index (χ4v) is 5.31. The summed E-state index contributed by atoms with van der Waals surface area (Å²) < 4.78 is 0. The molecule has 1 aliphatic carbocycles. The van der Waals surface area contributed by atoms with Gasteiger partial charge in [-0.05, 0) is 60.8 Å². The Morgan fingerprint density at radius 1 is 0.933 bits per heavy atom. The quantitative estimate of drug-likeness (QED) is 0.714. The molecule has 2 unspecified atom stereocenters. The second kappa shape index (κ2) is 10.1. The summed E-state index contributed by atoms with van der Waals surface area (Å²) in [6, 6.07) is 15.2. The van der Waals surface area contributed by atoms with E-state index in [1.807, 2.05) is 12.1 Å². The van der Waals surface area contributed by atoms with Crippen LogP contribution in [-0.2, 0) is 16.0 Å². The first-order chi connectivity index (χ1) is 14.7. The molecule has 1 aliphatic heterocycles. The van der Waals surface area contributed by atoms with Crippen molar-refractivity contribution in [3.05, 3.63) is 48.0 Å². The van der Waals surface area contributed by atoms with Crippen LogP contribution >= 0.6 is 0 Å². The second-order valence-corrected chi connectivity index (χ2v) is 8.98. The monoisotopic (exact) mass is 406 g/mol. The van der Waals surface area contributed by atoms with Crippen LogP contribution in [0.2, 0.25) is 0 Å². The Morgan fingerprint density at radius 3 is 2.63 bits per heavy atom. The lowest BCUT2D eigenvalue weighted by atomic mass is 9.78. The fourth-order valence-electron chi connectivity index (χ4n) is 5.31. The summed E-state index contributed by atoms with van der Waals surface area (Å²) in [5.41, 5.74) is 1.23. The predicted octanol–water partition coefficient (Wildman–Crippen LogP) is 4.85. The lowest BCUT2D eigenvalue weighted by molar-refractivity contribution is -0.137. The van der Waals surface area contributed by atoms with E-state index in [0.29, 0.717) is 31.8 Å². The molecule has 160 valence electrons. The summed E-state index contributed by atoms with van der Waals surface area (Å²) >= 11 is 0. The number of rotatable bonds is 7. The van der Waals surface area contributed by atoms with E-state index < -0.39 is 0 Å². The van der Waals surface area contributed by atoms with E-state index in [1.165, 1.54) is 48.4 Å². The van der Waals surface area contributed by atoms with Gasteiger partial charge in [0.05, 0.1) is 0 Å². The number of carbonyl (C=O) groups excluding carboxylic acids is 2. The Kier molecular flexibility index (Phi) is 7.03. The fraction of sp³-hybridized carbons (Fsp3) is 0.538. The molecule has 2 aromatic rings. The van der Waals surface area contributed by atoms with E-state index in [-0.39, 0.29) is 11.8 Å². The van der Waals surface area contributed by atoms with Crippen molar-refractivity contribution >= 4 is 22.6 Å². The maximum atomic E-state index is 12.7. The molecule has 1 heterocycles. The van der Waals surface area contributed by atoms with Crippen LogP contribution < -0.4 is 5.32 Å². The Balaban J connectivity index is 1.16. The number of hydrogen-bond acceptors (Lipinski definition) is 2. The summed E-state index contributed by atoms with van der Waals surface area (Å²) in [4.78, 5) is 27.1. The number of nitrogens with one attached hydrogen (secondary N) is 1. The van der Waals surface area contributed by atoms with Gasteiger partial charge in [-0.3, -0.25) is 9.59 Å². The highest BCUT2D eigenvalue weighted by Gasteiger charge is 2.35. The SMILES string of the molecule is O=C(CCCC(=O)N1CCCC2CCCCC21)NCCc1ccc2ccccc2c1. The first-order valence-electron chi connectivity index (χ1n) is 11.7. The van der Waals surface area contributed by atoms with Gasteiger partial charge in [0, 0.05) is 32.0 Å². The van der Waals surface area contributed by atoms with Gasteiger partial charge in [0.1, 0.15) is 0 Å². The molecule has 0 bridgehead atoms. The van der Waals surface area contributed by atoms with E-state index in [9.17, 15) is 9.59 Å². The van der Waals surface area contributed by atoms with Gasteiger partial charge < -0.3 is 10.2 Å². The van der Waals surface area contributed by atoms with Gasteiger partial charge in [-0.1, -0.05) is 55.3 Å². The molecule has 1 saturated carbocycles. The minimum atomic E-state index is 0.0535. The van der Waals surface area contributed by atoms with Crippen molar-refractivity contribution in [1.82, 2.24) is 10.2 Å². The van der Waals surface area contributed by atoms with Crippen molar-refractivity contribution in [2.24, 2.45) is 5.92 Å². The number of nitrogens with zero attached hydrogens (tertiary/aromatic N) is 1. The Morgan fingerprint density at radius 2 is 1.73 bits per heavy atom. The normalized spacial score (nSPS) is 21.3. The number of carbonyl (C=O) groups is 2. The van der Waals surface area contributed by atoms with Gasteiger partial charge in [-0.2, -0.15) is 0 Å². The van der Waals surface area contributed by atoms with Crippen LogP contribution in [-0.4, -0.2) is 35.8 Å². The topological polar surface area (TPSA) is 49.4 Å². The van der Waals surface area contributed by atoms with Crippen molar-refractivity contribution in [3.8, 4) is 0 Å². The first-order valence-corrected chi connectivity index (χ1v) is 11.7. The maximum Gasteiger partial charge on any atom is 0.222 e. The van der Waals surface area contributed by atoms with Gasteiger partial charge in [0.15, 0.2) is 0 Å². The third kappa shape index (κ3) is 5.21. The average Bonchev–Trinajstić information content (AvgIpc) is 2.78. The van der Waals surface area contributed by atoms with Crippen LogP contribution in [0.5, 0.6) is 0 Å². The van der Waals surface area contributed by atoms with Gasteiger partial charge in [0.25, 0.3) is 0 Å². The molecule has 1 saturated heterocycles. The van der Waals surface area contributed by atoms with Crippen molar-refractivity contribution in [2.75, 3.05) is 13.1 Å². The van der Waals surface area contributed by atoms with Crippen molar-refractivity contribution in [3.63, 3.8) is 0 Å². The van der Waals surface area contributed by atoms with Crippen LogP contribution in [0.15, 0.2) is 42.5 Å². The number of hydrogen-bond donors (Lipinski definition) is 1. The Bertz CT molecular complexity index is 876. The zero-order valence-electron chi connectivity index (χ0n) is 17.9. The van der Waals surface area contributed by atoms with Crippen LogP contribution in [0.4, 0.5) is 0 Å². The lowest BCUT2D eigenvalue weighted by Gasteiger charge is -2.44. The zero-order valence-corrected chi connectivity index (χ0v) is 17.9. The molecule has 4 nitrogen and oxygen atoms in total. The molecule has 2 aromatic carbocycles. The highest BCUT2D eigenvalue weighted by molar-refractivity contribution is 5.83. The van der Waals surface area contributed by atoms with Crippen molar-refractivity contribution in [2.45, 2.75) is 70.3 Å². The van der Waals surface area contributed by atoms with E-state index in [4.69, 9.17) is 0 Å². The molecule has 4 heteroatoms. The molecule has 2 amide bonds. The largest absolute Gasteiger partial charge is 0.356 e. The summed E-state index contributed by atoms with van der Waals surface area (Å²) in [5, 5.41) is 5.49. The molecule has 0 aromatic heterocycles. The third-order valence-corrected chi connectivity index (χ3v) is 6.91. The van der Waals surface area contributed by atoms with Gasteiger partial charge in [-0.25, -0.2) is 0 Å². The maximum absolute atomic E-state index is 12.7. The van der Waals surface area contributed by atoms with Gasteiger partial charge in [0.2, 0.25) is 11.8 Å². The molecule has 2 aliphatic rings.